The third-order valence-corrected chi connectivity index (χ3v) is 8.45. The Hall–Kier alpha value is -6.07. The second-order valence-corrected chi connectivity index (χ2v) is 12.9. The molecule has 1 aromatic carbocycles. The summed E-state index contributed by atoms with van der Waals surface area (Å²) >= 11 is 0. The molecule has 23 nitrogen and oxygen atoms in total. The molecule has 7 atom stereocenters. The van der Waals surface area contributed by atoms with Gasteiger partial charge < -0.3 is 74.2 Å². The van der Waals surface area contributed by atoms with E-state index in [4.69, 9.17) is 17.2 Å². The number of nitrogens with one attached hydrogen (secondary N) is 5. The molecule has 1 aromatic rings. The summed E-state index contributed by atoms with van der Waals surface area (Å²) in [4.78, 5) is 106. The summed E-state index contributed by atoms with van der Waals surface area (Å²) in [6.07, 6.45) is -1.86. The van der Waals surface area contributed by atoms with E-state index in [2.05, 4.69) is 31.6 Å². The summed E-state index contributed by atoms with van der Waals surface area (Å²) in [6.45, 7) is -0.381. The maximum Gasteiger partial charge on any atom is 0.326 e. The fourth-order valence-electron chi connectivity index (χ4n) is 5.52. The quantitative estimate of drug-likeness (QED) is 0.0295. The summed E-state index contributed by atoms with van der Waals surface area (Å²) in [6, 6.07) is -3.43. The predicted octanol–water partition coefficient (Wildman–Crippen LogP) is -5.71. The number of aromatic hydroxyl groups is 1. The van der Waals surface area contributed by atoms with Crippen molar-refractivity contribution < 1.29 is 63.9 Å². The lowest BCUT2D eigenvalue weighted by atomic mass is 10.0. The molecule has 0 aliphatic carbocycles. The molecule has 0 spiro atoms. The van der Waals surface area contributed by atoms with E-state index in [1.807, 2.05) is 0 Å². The first kappa shape index (κ1) is 46.1. The molecule has 1 aliphatic rings. The van der Waals surface area contributed by atoms with Gasteiger partial charge >= 0.3 is 11.9 Å². The molecule has 0 unspecified atom stereocenters. The van der Waals surface area contributed by atoms with E-state index in [1.54, 1.807) is 0 Å². The molecule has 23 heteroatoms. The van der Waals surface area contributed by atoms with Crippen molar-refractivity contribution in [3.63, 3.8) is 0 Å². The highest BCUT2D eigenvalue weighted by atomic mass is 16.4. The van der Waals surface area contributed by atoms with Crippen molar-refractivity contribution in [3.8, 4) is 5.75 Å². The Balaban J connectivity index is 2.06. The highest BCUT2D eigenvalue weighted by Crippen LogP contribution is 2.19. The number of likely N-dealkylation sites (tertiary alicyclic amines) is 1. The molecule has 56 heavy (non-hydrogen) atoms. The fraction of sp³-hybridized carbons (Fsp3) is 0.545. The van der Waals surface area contributed by atoms with Gasteiger partial charge in [0.05, 0.1) is 31.7 Å². The van der Waals surface area contributed by atoms with Crippen LogP contribution in [0, 0.1) is 0 Å². The number of benzene rings is 1. The molecule has 0 saturated carbocycles. The molecule has 0 bridgehead atoms. The third-order valence-electron chi connectivity index (χ3n) is 8.45. The van der Waals surface area contributed by atoms with Crippen LogP contribution < -0.4 is 43.8 Å². The van der Waals surface area contributed by atoms with Crippen LogP contribution in [0.25, 0.3) is 0 Å². The van der Waals surface area contributed by atoms with Crippen LogP contribution in [-0.4, -0.2) is 152 Å². The summed E-state index contributed by atoms with van der Waals surface area (Å²) in [5.41, 5.74) is 16.7. The number of hydrogen-bond acceptors (Lipinski definition) is 13. The van der Waals surface area contributed by atoms with Crippen molar-refractivity contribution >= 4 is 53.3 Å². The van der Waals surface area contributed by atoms with E-state index in [0.717, 1.165) is 4.90 Å². The lowest BCUT2D eigenvalue weighted by Crippen LogP contribution is -2.61. The molecule has 1 fully saturated rings. The Labute approximate surface area is 320 Å². The average molecular weight is 795 g/mol. The number of carboxylic acid groups (broad SMARTS) is 2. The van der Waals surface area contributed by atoms with Crippen LogP contribution in [0.4, 0.5) is 0 Å². The van der Waals surface area contributed by atoms with Gasteiger partial charge in [0.15, 0.2) is 5.96 Å². The van der Waals surface area contributed by atoms with Crippen LogP contribution >= 0.6 is 0 Å². The average Bonchev–Trinajstić information content (AvgIpc) is 3.63. The third kappa shape index (κ3) is 15.0. The number of aliphatic hydroxyl groups excluding tert-OH is 2. The molecule has 2 rings (SSSR count). The van der Waals surface area contributed by atoms with Gasteiger partial charge in [-0.15, -0.1) is 0 Å². The van der Waals surface area contributed by atoms with Gasteiger partial charge in [-0.25, -0.2) is 4.79 Å². The molecule has 16 N–H and O–H groups in total. The van der Waals surface area contributed by atoms with Crippen molar-refractivity contribution in [1.29, 1.82) is 0 Å². The number of aliphatic imine (C=N–C) groups is 1. The van der Waals surface area contributed by atoms with Crippen molar-refractivity contribution in [2.45, 2.75) is 87.8 Å². The van der Waals surface area contributed by atoms with Crippen LogP contribution in [0.3, 0.4) is 0 Å². The van der Waals surface area contributed by atoms with Crippen molar-refractivity contribution in [3.05, 3.63) is 29.8 Å². The number of guanidine groups is 1. The fourth-order valence-corrected chi connectivity index (χ4v) is 5.52. The Kier molecular flexibility index (Phi) is 18.4. The normalized spacial score (nSPS) is 16.8. The van der Waals surface area contributed by atoms with Crippen LogP contribution in [0.15, 0.2) is 29.3 Å². The Morgan fingerprint density at radius 1 is 0.911 bits per heavy atom. The van der Waals surface area contributed by atoms with E-state index < -0.39 is 109 Å². The SMILES string of the molecule is C[C@@H](O)[C@H](NC(=O)[C@@H]1CCCN1C(=O)[C@H](CO)NC(=O)[C@H](CC(=O)O)NC(=O)CNC(=O)[C@@H](N)CCCN=C(N)N)C(=O)N[C@@H](Cc1ccc(O)cc1)C(=O)O. The maximum atomic E-state index is 13.5. The number of nitrogens with two attached hydrogens (primary N) is 3. The first-order valence-corrected chi connectivity index (χ1v) is 17.5. The number of aliphatic hydroxyl groups is 2. The zero-order valence-corrected chi connectivity index (χ0v) is 30.6. The number of carboxylic acids is 2. The summed E-state index contributed by atoms with van der Waals surface area (Å²) in [5, 5.41) is 60.0. The van der Waals surface area contributed by atoms with E-state index >= 15 is 0 Å². The van der Waals surface area contributed by atoms with Gasteiger partial charge in [-0.05, 0) is 50.3 Å². The second-order valence-electron chi connectivity index (χ2n) is 12.9. The number of amides is 6. The molecular weight excluding hydrogens is 744 g/mol. The first-order valence-electron chi connectivity index (χ1n) is 17.5. The number of carbonyl (C=O) groups excluding carboxylic acids is 6. The van der Waals surface area contributed by atoms with E-state index in [9.17, 15) is 63.9 Å². The molecule has 0 radical (unpaired) electrons. The second kappa shape index (κ2) is 22.3. The minimum absolute atomic E-state index is 0.0477. The predicted molar refractivity (Wildman–Crippen MR) is 194 cm³/mol. The number of hydrogen-bond donors (Lipinski definition) is 13. The van der Waals surface area contributed by atoms with Crippen molar-refractivity contribution in [1.82, 2.24) is 31.5 Å². The molecule has 1 saturated heterocycles. The van der Waals surface area contributed by atoms with Gasteiger partial charge in [0, 0.05) is 19.5 Å². The molecule has 1 heterocycles. The van der Waals surface area contributed by atoms with Gasteiger partial charge in [0.1, 0.15) is 36.0 Å². The summed E-state index contributed by atoms with van der Waals surface area (Å²) in [7, 11) is 0. The zero-order chi connectivity index (χ0) is 42.1. The van der Waals surface area contributed by atoms with Crippen LogP contribution in [0.2, 0.25) is 0 Å². The van der Waals surface area contributed by atoms with Crippen LogP contribution in [0.5, 0.6) is 5.75 Å². The highest BCUT2D eigenvalue weighted by molar-refractivity contribution is 5.97. The minimum Gasteiger partial charge on any atom is -0.508 e. The van der Waals surface area contributed by atoms with Crippen molar-refractivity contribution in [2.24, 2.45) is 22.2 Å². The van der Waals surface area contributed by atoms with E-state index in [0.29, 0.717) is 12.0 Å². The van der Waals surface area contributed by atoms with Gasteiger partial charge in [-0.1, -0.05) is 12.1 Å². The first-order chi connectivity index (χ1) is 26.3. The largest absolute Gasteiger partial charge is 0.508 e. The standard InChI is InChI=1S/C33H50N10O13/c1-16(45)26(30(53)40-21(32(55)56)12-17-6-8-18(46)9-7-17)42-29(52)23-5-3-11-43(23)31(54)22(15-44)41-28(51)20(13-25(48)49)39-24(47)14-38-27(50)19(34)4-2-10-37-33(35)36/h6-9,16,19-23,26,44-46H,2-5,10-15,34H2,1H3,(H,38,50)(H,39,47)(H,40,53)(H,41,51)(H,42,52)(H,48,49)(H,55,56)(H4,35,36,37)/t16-,19+,20+,21+,22+,23+,26+/m1/s1. The van der Waals surface area contributed by atoms with Crippen molar-refractivity contribution in [2.75, 3.05) is 26.2 Å². The van der Waals surface area contributed by atoms with Gasteiger partial charge in [-0.2, -0.15) is 0 Å². The number of rotatable bonds is 22. The Morgan fingerprint density at radius 2 is 1.55 bits per heavy atom. The summed E-state index contributed by atoms with van der Waals surface area (Å²) < 4.78 is 0. The van der Waals surface area contributed by atoms with E-state index in [-0.39, 0.29) is 50.5 Å². The molecule has 0 aromatic heterocycles. The highest BCUT2D eigenvalue weighted by Gasteiger charge is 2.40. The number of nitrogens with zero attached hydrogens (tertiary/aromatic N) is 2. The lowest BCUT2D eigenvalue weighted by molar-refractivity contribution is -0.145. The molecular formula is C33H50N10O13. The lowest BCUT2D eigenvalue weighted by Gasteiger charge is -2.30. The van der Waals surface area contributed by atoms with E-state index in [1.165, 1.54) is 31.2 Å². The van der Waals surface area contributed by atoms with Gasteiger partial charge in [-0.3, -0.25) is 38.6 Å². The van der Waals surface area contributed by atoms with Gasteiger partial charge in [0.2, 0.25) is 35.4 Å². The number of phenols is 1. The summed E-state index contributed by atoms with van der Waals surface area (Å²) in [5.74, 6) is -8.99. The van der Waals surface area contributed by atoms with Gasteiger partial charge in [0.25, 0.3) is 0 Å². The minimum atomic E-state index is -1.78. The number of aliphatic carboxylic acids is 2. The topological polar surface area (TPSA) is 392 Å². The smallest absolute Gasteiger partial charge is 0.326 e. The molecule has 6 amide bonds. The van der Waals surface area contributed by atoms with Crippen LogP contribution in [-0.2, 0) is 44.8 Å². The zero-order valence-electron chi connectivity index (χ0n) is 30.6. The molecule has 310 valence electrons. The molecule has 1 aliphatic heterocycles. The number of carbonyl (C=O) groups is 8. The number of phenolic OH excluding ortho intramolecular Hbond substituents is 1. The Morgan fingerprint density at radius 3 is 2.12 bits per heavy atom. The Bertz CT molecular complexity index is 1600. The monoisotopic (exact) mass is 794 g/mol. The maximum absolute atomic E-state index is 13.5. The van der Waals surface area contributed by atoms with Crippen LogP contribution in [0.1, 0.15) is 44.6 Å².